The second-order valence-electron chi connectivity index (χ2n) is 6.61. The fraction of sp³-hybridized carbons (Fsp3) is 0.706. The van der Waals surface area contributed by atoms with Gasteiger partial charge in [-0.1, -0.05) is 6.07 Å². The van der Waals surface area contributed by atoms with Crippen molar-refractivity contribution < 1.29 is 9.84 Å². The van der Waals surface area contributed by atoms with Gasteiger partial charge in [0.15, 0.2) is 0 Å². The summed E-state index contributed by atoms with van der Waals surface area (Å²) in [6.07, 6.45) is 6.18. The molecule has 0 aliphatic carbocycles. The van der Waals surface area contributed by atoms with E-state index < -0.39 is 5.60 Å². The number of nitrogens with one attached hydrogen (secondary N) is 1. The number of hydrogen-bond acceptors (Lipinski definition) is 5. The van der Waals surface area contributed by atoms with E-state index in [0.29, 0.717) is 12.7 Å². The third-order valence-corrected chi connectivity index (χ3v) is 4.70. The zero-order valence-electron chi connectivity index (χ0n) is 13.2. The predicted octanol–water partition coefficient (Wildman–Crippen LogP) is 1.18. The number of hydrogen-bond donors (Lipinski definition) is 2. The molecule has 1 atom stereocenters. The molecule has 0 unspecified atom stereocenters. The lowest BCUT2D eigenvalue weighted by atomic mass is 9.92. The molecule has 3 rings (SSSR count). The van der Waals surface area contributed by atoms with Crippen LogP contribution in [0.1, 0.15) is 31.4 Å². The van der Waals surface area contributed by atoms with Gasteiger partial charge in [-0.25, -0.2) is 0 Å². The van der Waals surface area contributed by atoms with Crippen LogP contribution in [0.5, 0.6) is 0 Å². The largest absolute Gasteiger partial charge is 0.387 e. The first-order valence-electron chi connectivity index (χ1n) is 8.40. The number of nitrogens with zero attached hydrogens (tertiary/aromatic N) is 2. The minimum Gasteiger partial charge on any atom is -0.387 e. The van der Waals surface area contributed by atoms with E-state index in [-0.39, 0.29) is 0 Å². The predicted molar refractivity (Wildman–Crippen MR) is 85.5 cm³/mol. The Balaban J connectivity index is 1.39. The maximum absolute atomic E-state index is 10.6. The topological polar surface area (TPSA) is 57.6 Å². The average Bonchev–Trinajstić information content (AvgIpc) is 2.55. The van der Waals surface area contributed by atoms with E-state index in [1.807, 2.05) is 18.2 Å². The van der Waals surface area contributed by atoms with Crippen molar-refractivity contribution in [2.75, 3.05) is 32.7 Å². The highest BCUT2D eigenvalue weighted by atomic mass is 16.5. The highest BCUT2D eigenvalue weighted by Gasteiger charge is 2.32. The summed E-state index contributed by atoms with van der Waals surface area (Å²) in [7, 11) is 0. The standard InChI is InChI=1S/C17H27N3O2/c21-17(7-3-8-18-13-17)14-20-10-5-16(6-11-20)22-12-15-4-1-2-9-19-15/h1-2,4,9,16,18,21H,3,5-8,10-14H2/t17-/m0/s1. The molecule has 2 saturated heterocycles. The first-order chi connectivity index (χ1) is 10.7. The number of likely N-dealkylation sites (tertiary alicyclic amines) is 1. The number of ether oxygens (including phenoxy) is 1. The maximum atomic E-state index is 10.6. The number of β-amino-alcohol motifs (C(OH)–C–C–N with tert-alkyl or cyclic N) is 1. The van der Waals surface area contributed by atoms with E-state index >= 15 is 0 Å². The molecule has 2 fully saturated rings. The fourth-order valence-corrected chi connectivity index (χ4v) is 3.42. The van der Waals surface area contributed by atoms with Gasteiger partial charge in [-0.2, -0.15) is 0 Å². The van der Waals surface area contributed by atoms with Gasteiger partial charge >= 0.3 is 0 Å². The van der Waals surface area contributed by atoms with Crippen LogP contribution in [0, 0.1) is 0 Å². The Labute approximate surface area is 132 Å². The maximum Gasteiger partial charge on any atom is 0.0898 e. The van der Waals surface area contributed by atoms with Crippen LogP contribution in [-0.4, -0.2) is 59.4 Å². The van der Waals surface area contributed by atoms with Crippen molar-refractivity contribution in [1.82, 2.24) is 15.2 Å². The van der Waals surface area contributed by atoms with Crippen molar-refractivity contribution in [3.05, 3.63) is 30.1 Å². The van der Waals surface area contributed by atoms with Crippen LogP contribution >= 0.6 is 0 Å². The molecule has 5 heteroatoms. The van der Waals surface area contributed by atoms with Crippen molar-refractivity contribution in [3.8, 4) is 0 Å². The summed E-state index contributed by atoms with van der Waals surface area (Å²) in [5.41, 5.74) is 0.451. The number of pyridine rings is 1. The Hall–Kier alpha value is -1.01. The van der Waals surface area contributed by atoms with Crippen LogP contribution in [0.15, 0.2) is 24.4 Å². The molecule has 122 valence electrons. The van der Waals surface area contributed by atoms with E-state index in [4.69, 9.17) is 4.74 Å². The molecular formula is C17H27N3O2. The first-order valence-corrected chi connectivity index (χ1v) is 8.40. The molecule has 0 saturated carbocycles. The lowest BCUT2D eigenvalue weighted by Gasteiger charge is -2.40. The van der Waals surface area contributed by atoms with Crippen LogP contribution in [0.25, 0.3) is 0 Å². The molecular weight excluding hydrogens is 278 g/mol. The Morgan fingerprint density at radius 2 is 2.23 bits per heavy atom. The molecule has 0 aromatic carbocycles. The molecule has 1 aromatic rings. The third-order valence-electron chi connectivity index (χ3n) is 4.70. The molecule has 22 heavy (non-hydrogen) atoms. The van der Waals surface area contributed by atoms with Crippen LogP contribution in [-0.2, 0) is 11.3 Å². The van der Waals surface area contributed by atoms with Crippen molar-refractivity contribution >= 4 is 0 Å². The minimum atomic E-state index is -0.542. The molecule has 0 bridgehead atoms. The molecule has 5 nitrogen and oxygen atoms in total. The van der Waals surface area contributed by atoms with Gasteiger partial charge in [-0.3, -0.25) is 4.98 Å². The van der Waals surface area contributed by atoms with Crippen LogP contribution in [0.3, 0.4) is 0 Å². The Kier molecular flexibility index (Phi) is 5.41. The average molecular weight is 305 g/mol. The Bertz CT molecular complexity index is 440. The summed E-state index contributed by atoms with van der Waals surface area (Å²) in [5, 5.41) is 13.9. The lowest BCUT2D eigenvalue weighted by Crippen LogP contribution is -2.54. The zero-order valence-corrected chi connectivity index (χ0v) is 13.2. The number of rotatable bonds is 5. The van der Waals surface area contributed by atoms with Crippen LogP contribution in [0.2, 0.25) is 0 Å². The SMILES string of the molecule is O[C@@]1(CN2CCC(OCc3ccccn3)CC2)CCCNC1. The Morgan fingerprint density at radius 1 is 1.36 bits per heavy atom. The smallest absolute Gasteiger partial charge is 0.0898 e. The summed E-state index contributed by atoms with van der Waals surface area (Å²) in [6, 6.07) is 5.92. The Morgan fingerprint density at radius 3 is 2.91 bits per heavy atom. The van der Waals surface area contributed by atoms with Gasteiger partial charge in [0.2, 0.25) is 0 Å². The van der Waals surface area contributed by atoms with Gasteiger partial charge in [0, 0.05) is 32.4 Å². The molecule has 2 N–H and O–H groups in total. The van der Waals surface area contributed by atoms with Gasteiger partial charge in [0.25, 0.3) is 0 Å². The summed E-state index contributed by atoms with van der Waals surface area (Å²) >= 11 is 0. The monoisotopic (exact) mass is 305 g/mol. The van der Waals surface area contributed by atoms with Crippen molar-refractivity contribution in [2.24, 2.45) is 0 Å². The van der Waals surface area contributed by atoms with Gasteiger partial charge in [-0.15, -0.1) is 0 Å². The normalized spacial score (nSPS) is 27.9. The van der Waals surface area contributed by atoms with Gasteiger partial charge in [-0.05, 0) is 44.4 Å². The number of piperidine rings is 2. The van der Waals surface area contributed by atoms with Crippen LogP contribution < -0.4 is 5.32 Å². The van der Waals surface area contributed by atoms with Gasteiger partial charge < -0.3 is 20.1 Å². The number of aromatic nitrogens is 1. The molecule has 3 heterocycles. The quantitative estimate of drug-likeness (QED) is 0.855. The molecule has 2 aliphatic heterocycles. The second-order valence-corrected chi connectivity index (χ2v) is 6.61. The fourth-order valence-electron chi connectivity index (χ4n) is 3.42. The summed E-state index contributed by atoms with van der Waals surface area (Å²) in [4.78, 5) is 6.67. The van der Waals surface area contributed by atoms with E-state index in [2.05, 4.69) is 15.2 Å². The highest BCUT2D eigenvalue weighted by molar-refractivity contribution is 5.02. The number of aliphatic hydroxyl groups is 1. The van der Waals surface area contributed by atoms with Gasteiger partial charge in [0.05, 0.1) is 24.0 Å². The third kappa shape index (κ3) is 4.49. The summed E-state index contributed by atoms with van der Waals surface area (Å²) < 4.78 is 5.97. The van der Waals surface area contributed by atoms with E-state index in [1.165, 1.54) is 0 Å². The van der Waals surface area contributed by atoms with E-state index in [0.717, 1.165) is 64.1 Å². The lowest BCUT2D eigenvalue weighted by molar-refractivity contribution is -0.0448. The van der Waals surface area contributed by atoms with Crippen LogP contribution in [0.4, 0.5) is 0 Å². The molecule has 2 aliphatic rings. The molecule has 0 spiro atoms. The van der Waals surface area contributed by atoms with E-state index in [9.17, 15) is 5.11 Å². The summed E-state index contributed by atoms with van der Waals surface area (Å²) in [5.74, 6) is 0. The minimum absolute atomic E-state index is 0.317. The van der Waals surface area contributed by atoms with Crippen molar-refractivity contribution in [1.29, 1.82) is 0 Å². The van der Waals surface area contributed by atoms with E-state index in [1.54, 1.807) is 6.20 Å². The molecule has 0 radical (unpaired) electrons. The molecule has 0 amide bonds. The van der Waals surface area contributed by atoms with Crippen molar-refractivity contribution in [2.45, 2.75) is 44.0 Å². The summed E-state index contributed by atoms with van der Waals surface area (Å²) in [6.45, 7) is 5.16. The first kappa shape index (κ1) is 15.9. The van der Waals surface area contributed by atoms with Crippen molar-refractivity contribution in [3.63, 3.8) is 0 Å². The second kappa shape index (κ2) is 7.51. The van der Waals surface area contributed by atoms with Gasteiger partial charge in [0.1, 0.15) is 0 Å². The zero-order chi connectivity index (χ0) is 15.3. The molecule has 1 aromatic heterocycles. The highest BCUT2D eigenvalue weighted by Crippen LogP contribution is 2.21.